The number of para-hydroxylation sites is 1. The molecule has 0 bridgehead atoms. The SMILES string of the molecule is FC(F)(F)Oc1ccccc1-c1ccc(-c2nc3c([nH]2)CCCC3)o1. The Kier molecular flexibility index (Phi) is 3.78. The van der Waals surface area contributed by atoms with Crippen LogP contribution in [-0.4, -0.2) is 16.3 Å². The highest BCUT2D eigenvalue weighted by Gasteiger charge is 2.32. The van der Waals surface area contributed by atoms with Crippen LogP contribution in [0.15, 0.2) is 40.8 Å². The summed E-state index contributed by atoms with van der Waals surface area (Å²) in [6.07, 6.45) is -0.631. The van der Waals surface area contributed by atoms with Crippen molar-refractivity contribution in [1.82, 2.24) is 9.97 Å². The van der Waals surface area contributed by atoms with Gasteiger partial charge in [0.1, 0.15) is 11.5 Å². The molecule has 0 fully saturated rings. The number of halogens is 3. The number of hydrogen-bond acceptors (Lipinski definition) is 3. The van der Waals surface area contributed by atoms with Crippen LogP contribution in [0.4, 0.5) is 13.2 Å². The number of aryl methyl sites for hydroxylation is 2. The van der Waals surface area contributed by atoms with Crippen molar-refractivity contribution in [3.63, 3.8) is 0 Å². The molecule has 7 heteroatoms. The fraction of sp³-hybridized carbons (Fsp3) is 0.278. The molecule has 2 aromatic heterocycles. The van der Waals surface area contributed by atoms with Crippen LogP contribution in [-0.2, 0) is 12.8 Å². The summed E-state index contributed by atoms with van der Waals surface area (Å²) in [7, 11) is 0. The number of furan rings is 1. The molecule has 0 aliphatic heterocycles. The molecule has 4 rings (SSSR count). The molecule has 0 atom stereocenters. The molecule has 1 aliphatic rings. The second-order valence-electron chi connectivity index (χ2n) is 5.93. The maximum absolute atomic E-state index is 12.6. The van der Waals surface area contributed by atoms with Gasteiger partial charge in [-0.2, -0.15) is 0 Å². The highest BCUT2D eigenvalue weighted by atomic mass is 19.4. The summed E-state index contributed by atoms with van der Waals surface area (Å²) in [4.78, 5) is 7.80. The van der Waals surface area contributed by atoms with E-state index in [4.69, 9.17) is 4.42 Å². The summed E-state index contributed by atoms with van der Waals surface area (Å²) in [6.45, 7) is 0. The molecule has 0 saturated carbocycles. The molecule has 1 aromatic carbocycles. The van der Waals surface area contributed by atoms with Crippen molar-refractivity contribution in [3.8, 4) is 28.7 Å². The van der Waals surface area contributed by atoms with Crippen molar-refractivity contribution < 1.29 is 22.3 Å². The first-order valence-corrected chi connectivity index (χ1v) is 8.03. The van der Waals surface area contributed by atoms with Gasteiger partial charge in [0, 0.05) is 5.69 Å². The normalized spacial score (nSPS) is 14.4. The van der Waals surface area contributed by atoms with Crippen LogP contribution in [0.2, 0.25) is 0 Å². The molecule has 0 saturated heterocycles. The Morgan fingerprint density at radius 1 is 1.00 bits per heavy atom. The molecule has 1 N–H and O–H groups in total. The highest BCUT2D eigenvalue weighted by molar-refractivity contribution is 5.68. The number of nitrogens with zero attached hydrogens (tertiary/aromatic N) is 1. The zero-order chi connectivity index (χ0) is 17.4. The zero-order valence-electron chi connectivity index (χ0n) is 13.2. The van der Waals surface area contributed by atoms with Crippen molar-refractivity contribution in [2.75, 3.05) is 0 Å². The standard InChI is InChI=1S/C18H15F3N2O2/c19-18(20,21)25-15-8-4-1-5-11(15)14-9-10-16(24-14)17-22-12-6-2-3-7-13(12)23-17/h1,4-5,8-10H,2-3,6-7H2,(H,22,23). The second-order valence-corrected chi connectivity index (χ2v) is 5.93. The molecular weight excluding hydrogens is 333 g/mol. The third kappa shape index (κ3) is 3.26. The summed E-state index contributed by atoms with van der Waals surface area (Å²) in [5.74, 6) is 1.09. The van der Waals surface area contributed by atoms with Gasteiger partial charge in [-0.1, -0.05) is 12.1 Å². The van der Waals surface area contributed by atoms with Gasteiger partial charge in [0.2, 0.25) is 0 Å². The molecule has 25 heavy (non-hydrogen) atoms. The van der Waals surface area contributed by atoms with Gasteiger partial charge in [0.05, 0.1) is 11.3 Å². The van der Waals surface area contributed by atoms with Gasteiger partial charge >= 0.3 is 6.36 Å². The van der Waals surface area contributed by atoms with Crippen molar-refractivity contribution in [3.05, 3.63) is 47.8 Å². The lowest BCUT2D eigenvalue weighted by atomic mass is 10.0. The van der Waals surface area contributed by atoms with E-state index in [0.29, 0.717) is 17.3 Å². The van der Waals surface area contributed by atoms with Crippen molar-refractivity contribution >= 4 is 0 Å². The van der Waals surface area contributed by atoms with E-state index in [1.807, 2.05) is 0 Å². The molecule has 0 amide bonds. The average molecular weight is 348 g/mol. The number of aromatic nitrogens is 2. The Balaban J connectivity index is 1.67. The van der Waals surface area contributed by atoms with Crippen LogP contribution in [0.1, 0.15) is 24.2 Å². The molecule has 0 spiro atoms. The first-order valence-electron chi connectivity index (χ1n) is 8.03. The van der Waals surface area contributed by atoms with E-state index in [9.17, 15) is 13.2 Å². The number of imidazole rings is 1. The third-order valence-corrected chi connectivity index (χ3v) is 4.17. The molecule has 130 valence electrons. The van der Waals surface area contributed by atoms with Crippen LogP contribution < -0.4 is 4.74 Å². The number of hydrogen-bond donors (Lipinski definition) is 1. The van der Waals surface area contributed by atoms with Crippen molar-refractivity contribution in [2.24, 2.45) is 0 Å². The Morgan fingerprint density at radius 2 is 1.76 bits per heavy atom. The van der Waals surface area contributed by atoms with Crippen molar-refractivity contribution in [2.45, 2.75) is 32.0 Å². The lowest BCUT2D eigenvalue weighted by molar-refractivity contribution is -0.274. The minimum absolute atomic E-state index is 0.238. The van der Waals surface area contributed by atoms with E-state index in [1.54, 1.807) is 18.2 Å². The first kappa shape index (κ1) is 15.8. The number of ether oxygens (including phenoxy) is 1. The minimum Gasteiger partial charge on any atom is -0.453 e. The predicted octanol–water partition coefficient (Wildman–Crippen LogP) is 5.11. The van der Waals surface area contributed by atoms with Gasteiger partial charge < -0.3 is 14.1 Å². The quantitative estimate of drug-likeness (QED) is 0.715. The number of H-pyrrole nitrogens is 1. The Morgan fingerprint density at radius 3 is 2.56 bits per heavy atom. The largest absolute Gasteiger partial charge is 0.573 e. The van der Waals surface area contributed by atoms with Gasteiger partial charge in [-0.3, -0.25) is 0 Å². The topological polar surface area (TPSA) is 51.0 Å². The van der Waals surface area contributed by atoms with E-state index in [0.717, 1.165) is 37.1 Å². The van der Waals surface area contributed by atoms with E-state index in [-0.39, 0.29) is 11.3 Å². The zero-order valence-corrected chi connectivity index (χ0v) is 13.2. The maximum atomic E-state index is 12.6. The Labute approximate surface area is 141 Å². The molecule has 4 nitrogen and oxygen atoms in total. The number of aromatic amines is 1. The van der Waals surface area contributed by atoms with Crippen LogP contribution in [0.25, 0.3) is 22.9 Å². The van der Waals surface area contributed by atoms with Crippen molar-refractivity contribution in [1.29, 1.82) is 0 Å². The predicted molar refractivity (Wildman–Crippen MR) is 85.1 cm³/mol. The van der Waals surface area contributed by atoms with Crippen LogP contribution in [0.5, 0.6) is 5.75 Å². The molecule has 0 unspecified atom stereocenters. The van der Waals surface area contributed by atoms with Crippen LogP contribution in [0, 0.1) is 0 Å². The lowest BCUT2D eigenvalue weighted by Gasteiger charge is -2.11. The third-order valence-electron chi connectivity index (χ3n) is 4.17. The van der Waals surface area contributed by atoms with Gasteiger partial charge in [0.15, 0.2) is 11.6 Å². The monoisotopic (exact) mass is 348 g/mol. The highest BCUT2D eigenvalue weighted by Crippen LogP contribution is 2.36. The maximum Gasteiger partial charge on any atom is 0.573 e. The van der Waals surface area contributed by atoms with Gasteiger partial charge in [-0.15, -0.1) is 13.2 Å². The molecular formula is C18H15F3N2O2. The average Bonchev–Trinajstić information content (AvgIpc) is 3.20. The smallest absolute Gasteiger partial charge is 0.453 e. The Bertz CT molecular complexity index is 872. The minimum atomic E-state index is -4.76. The Hall–Kier alpha value is -2.70. The second kappa shape index (κ2) is 5.98. The first-order chi connectivity index (χ1) is 12.0. The number of benzene rings is 1. The van der Waals surface area contributed by atoms with E-state index >= 15 is 0 Å². The fourth-order valence-corrected chi connectivity index (χ4v) is 3.06. The van der Waals surface area contributed by atoms with Gasteiger partial charge in [-0.25, -0.2) is 4.98 Å². The lowest BCUT2D eigenvalue weighted by Crippen LogP contribution is -2.17. The fourth-order valence-electron chi connectivity index (χ4n) is 3.06. The number of rotatable bonds is 3. The van der Waals surface area contributed by atoms with Crippen LogP contribution >= 0.6 is 0 Å². The molecule has 1 aliphatic carbocycles. The van der Waals surface area contributed by atoms with Gasteiger partial charge in [0.25, 0.3) is 0 Å². The number of fused-ring (bicyclic) bond motifs is 1. The van der Waals surface area contributed by atoms with E-state index in [1.165, 1.54) is 18.2 Å². The number of nitrogens with one attached hydrogen (secondary N) is 1. The number of alkyl halides is 3. The molecule has 2 heterocycles. The summed E-state index contributed by atoms with van der Waals surface area (Å²) < 4.78 is 47.5. The summed E-state index contributed by atoms with van der Waals surface area (Å²) in [5.41, 5.74) is 2.39. The van der Waals surface area contributed by atoms with E-state index in [2.05, 4.69) is 14.7 Å². The summed E-state index contributed by atoms with van der Waals surface area (Å²) >= 11 is 0. The summed E-state index contributed by atoms with van der Waals surface area (Å²) in [5, 5.41) is 0. The van der Waals surface area contributed by atoms with E-state index < -0.39 is 6.36 Å². The van der Waals surface area contributed by atoms with Gasteiger partial charge in [-0.05, 0) is 49.9 Å². The van der Waals surface area contributed by atoms with Crippen LogP contribution in [0.3, 0.4) is 0 Å². The molecule has 3 aromatic rings. The molecule has 0 radical (unpaired) electrons. The summed E-state index contributed by atoms with van der Waals surface area (Å²) in [6, 6.07) is 9.22.